The van der Waals surface area contributed by atoms with Crippen LogP contribution in [0, 0.1) is 11.3 Å². The molecule has 2 N–H and O–H groups in total. The Balaban J connectivity index is 0.708. The van der Waals surface area contributed by atoms with Gasteiger partial charge in [-0.1, -0.05) is 31.2 Å². The van der Waals surface area contributed by atoms with E-state index >= 15 is 4.79 Å². The standard InChI is InChI=1S/C57H71FN10O5/c1-35(2)67-34-59-47-32-46(61-51(50(47)67)60-40-9-10-40)38-8-14-45-48(29-38)68(43-30-42(31-43)66-22-4-5-39(58)33-66)55(73)57(45)20-27-65(28-21-57)54(72)56(3)18-25-64(26-19-56)53(71)37-16-23-63(24-17-37)41-11-6-36(7-12-41)44-13-15-49(69)62-52(44)70/h6-8,11-12,14,29,32,34-35,37,39-40,42-44H,4-5,9-10,13,15-28,30-31,33H2,1-3H3,(H,60,61)(H,62,69,70). The van der Waals surface area contributed by atoms with E-state index in [1.807, 2.05) is 40.4 Å². The first kappa shape index (κ1) is 48.1. The van der Waals surface area contributed by atoms with E-state index in [4.69, 9.17) is 9.97 Å². The largest absolute Gasteiger partial charge is 0.371 e. The first-order chi connectivity index (χ1) is 35.2. The summed E-state index contributed by atoms with van der Waals surface area (Å²) in [5, 5.41) is 6.13. The van der Waals surface area contributed by atoms with Crippen LogP contribution in [0.4, 0.5) is 21.6 Å². The Hall–Kier alpha value is -5.90. The van der Waals surface area contributed by atoms with Gasteiger partial charge in [-0.3, -0.25) is 34.2 Å². The molecule has 2 atom stereocenters. The number of carbonyl (C=O) groups is 5. The molecule has 0 radical (unpaired) electrons. The van der Waals surface area contributed by atoms with E-state index in [9.17, 15) is 23.6 Å². The third-order valence-corrected chi connectivity index (χ3v) is 18.4. The van der Waals surface area contributed by atoms with Crippen molar-refractivity contribution in [3.8, 4) is 11.3 Å². The molecule has 2 unspecified atom stereocenters. The Bertz CT molecular complexity index is 2810. The molecule has 16 heteroatoms. The molecule has 7 fully saturated rings. The molecule has 2 saturated carbocycles. The molecule has 73 heavy (non-hydrogen) atoms. The molecule has 2 aromatic carbocycles. The average molecular weight is 995 g/mol. The highest BCUT2D eigenvalue weighted by Gasteiger charge is 2.57. The minimum Gasteiger partial charge on any atom is -0.371 e. The molecule has 5 saturated heterocycles. The summed E-state index contributed by atoms with van der Waals surface area (Å²) in [5.41, 5.74) is 6.25. The number of rotatable bonds is 10. The number of hydrogen-bond donors (Lipinski definition) is 2. The minimum absolute atomic E-state index is 0.0139. The molecular weight excluding hydrogens is 924 g/mol. The highest BCUT2D eigenvalue weighted by atomic mass is 19.1. The van der Waals surface area contributed by atoms with E-state index in [1.54, 1.807) is 0 Å². The lowest BCUT2D eigenvalue weighted by molar-refractivity contribution is -0.150. The molecule has 2 aliphatic carbocycles. The number of fused-ring (bicyclic) bond motifs is 3. The van der Waals surface area contributed by atoms with Gasteiger partial charge >= 0.3 is 0 Å². The van der Waals surface area contributed by atoms with E-state index in [1.165, 1.54) is 0 Å². The number of alkyl halides is 1. The summed E-state index contributed by atoms with van der Waals surface area (Å²) in [7, 11) is 0. The van der Waals surface area contributed by atoms with Crippen molar-refractivity contribution in [1.29, 1.82) is 0 Å². The predicted molar refractivity (Wildman–Crippen MR) is 278 cm³/mol. The second kappa shape index (κ2) is 18.8. The number of imide groups is 1. The van der Waals surface area contributed by atoms with Gasteiger partial charge < -0.3 is 29.5 Å². The fourth-order valence-electron chi connectivity index (χ4n) is 13.5. The number of amides is 5. The first-order valence-electron chi connectivity index (χ1n) is 27.5. The van der Waals surface area contributed by atoms with Gasteiger partial charge in [0.1, 0.15) is 11.7 Å². The number of benzene rings is 2. The number of hydrogen-bond acceptors (Lipinski definition) is 10. The van der Waals surface area contributed by atoms with Crippen LogP contribution in [0.15, 0.2) is 54.9 Å². The van der Waals surface area contributed by atoms with Gasteiger partial charge in [0.05, 0.1) is 28.9 Å². The number of imidazole rings is 1. The number of piperidine rings is 5. The lowest BCUT2D eigenvalue weighted by Crippen LogP contribution is -2.59. The maximum absolute atomic E-state index is 15.3. The van der Waals surface area contributed by atoms with Gasteiger partial charge in [0, 0.05) is 105 Å². The van der Waals surface area contributed by atoms with Crippen LogP contribution in [-0.4, -0.2) is 135 Å². The summed E-state index contributed by atoms with van der Waals surface area (Å²) in [6.45, 7) is 11.4. The summed E-state index contributed by atoms with van der Waals surface area (Å²) >= 11 is 0. The average Bonchev–Trinajstić information content (AvgIpc) is 4.05. The third kappa shape index (κ3) is 8.76. The highest BCUT2D eigenvalue weighted by molar-refractivity contribution is 6.09. The summed E-state index contributed by atoms with van der Waals surface area (Å²) < 4.78 is 16.8. The number of nitrogens with one attached hydrogen (secondary N) is 2. The van der Waals surface area contributed by atoms with E-state index in [0.29, 0.717) is 83.7 Å². The molecule has 8 heterocycles. The van der Waals surface area contributed by atoms with Gasteiger partial charge in [0.25, 0.3) is 0 Å². The molecule has 5 amide bonds. The van der Waals surface area contributed by atoms with Crippen LogP contribution in [0.5, 0.6) is 0 Å². The van der Waals surface area contributed by atoms with E-state index in [0.717, 1.165) is 115 Å². The van der Waals surface area contributed by atoms with E-state index in [-0.39, 0.29) is 59.5 Å². The molecule has 6 aliphatic heterocycles. The number of carbonyl (C=O) groups excluding carboxylic acids is 5. The summed E-state index contributed by atoms with van der Waals surface area (Å²) in [6.07, 6.45) is 11.1. The Labute approximate surface area is 427 Å². The molecule has 15 nitrogen and oxygen atoms in total. The summed E-state index contributed by atoms with van der Waals surface area (Å²) in [6, 6.07) is 17.5. The lowest BCUT2D eigenvalue weighted by atomic mass is 9.72. The maximum atomic E-state index is 15.3. The van der Waals surface area contributed by atoms with E-state index in [2.05, 4.69) is 74.9 Å². The monoisotopic (exact) mass is 995 g/mol. The first-order valence-corrected chi connectivity index (χ1v) is 27.5. The van der Waals surface area contributed by atoms with Crippen molar-refractivity contribution in [2.45, 2.75) is 152 Å². The van der Waals surface area contributed by atoms with E-state index < -0.39 is 17.0 Å². The normalized spacial score (nSPS) is 26.6. The zero-order valence-corrected chi connectivity index (χ0v) is 42.8. The quantitative estimate of drug-likeness (QED) is 0.153. The molecule has 386 valence electrons. The number of aromatic nitrogens is 3. The van der Waals surface area contributed by atoms with Gasteiger partial charge in [0.2, 0.25) is 29.5 Å². The molecule has 12 rings (SSSR count). The smallest absolute Gasteiger partial charge is 0.238 e. The number of pyridine rings is 1. The van der Waals surface area contributed by atoms with Crippen molar-refractivity contribution in [3.63, 3.8) is 0 Å². The van der Waals surface area contributed by atoms with Crippen LogP contribution in [0.1, 0.15) is 134 Å². The third-order valence-electron chi connectivity index (χ3n) is 18.4. The van der Waals surface area contributed by atoms with Crippen molar-refractivity contribution in [3.05, 3.63) is 66.0 Å². The Morgan fingerprint density at radius 1 is 0.822 bits per heavy atom. The molecule has 2 aromatic heterocycles. The van der Waals surface area contributed by atoms with Crippen molar-refractivity contribution in [2.75, 3.05) is 67.5 Å². The van der Waals surface area contributed by atoms with Crippen molar-refractivity contribution >= 4 is 57.8 Å². The fraction of sp³-hybridized carbons (Fsp3) is 0.596. The van der Waals surface area contributed by atoms with Crippen molar-refractivity contribution in [2.24, 2.45) is 11.3 Å². The zero-order chi connectivity index (χ0) is 50.3. The second-order valence-corrected chi connectivity index (χ2v) is 23.4. The van der Waals surface area contributed by atoms with Gasteiger partial charge in [-0.25, -0.2) is 14.4 Å². The molecule has 0 bridgehead atoms. The molecule has 1 spiro atoms. The van der Waals surface area contributed by atoms with Gasteiger partial charge in [0.15, 0.2) is 5.82 Å². The van der Waals surface area contributed by atoms with Crippen LogP contribution in [0.2, 0.25) is 0 Å². The minimum atomic E-state index is -0.794. The van der Waals surface area contributed by atoms with Gasteiger partial charge in [-0.05, 0) is 139 Å². The van der Waals surface area contributed by atoms with Crippen LogP contribution >= 0.6 is 0 Å². The van der Waals surface area contributed by atoms with Gasteiger partial charge in [-0.15, -0.1) is 0 Å². The zero-order valence-electron chi connectivity index (χ0n) is 42.8. The number of nitrogens with zero attached hydrogens (tertiary/aromatic N) is 8. The topological polar surface area (TPSA) is 156 Å². The molecule has 8 aliphatic rings. The Morgan fingerprint density at radius 3 is 2.23 bits per heavy atom. The van der Waals surface area contributed by atoms with Crippen LogP contribution in [-0.2, 0) is 29.4 Å². The molecular formula is C57H71FN10O5. The van der Waals surface area contributed by atoms with Crippen LogP contribution in [0.25, 0.3) is 22.3 Å². The second-order valence-electron chi connectivity index (χ2n) is 23.4. The summed E-state index contributed by atoms with van der Waals surface area (Å²) in [4.78, 5) is 88.6. The van der Waals surface area contributed by atoms with Crippen LogP contribution < -0.4 is 20.4 Å². The maximum Gasteiger partial charge on any atom is 0.238 e. The highest BCUT2D eigenvalue weighted by Crippen LogP contribution is 2.53. The number of anilines is 3. The molecule has 4 aromatic rings. The van der Waals surface area contributed by atoms with Crippen LogP contribution in [0.3, 0.4) is 0 Å². The fourth-order valence-corrected chi connectivity index (χ4v) is 13.5. The Morgan fingerprint density at radius 2 is 1.55 bits per heavy atom. The van der Waals surface area contributed by atoms with Gasteiger partial charge in [-0.2, -0.15) is 0 Å². The number of halogens is 1. The summed E-state index contributed by atoms with van der Waals surface area (Å²) in [5.74, 6) is 0.448. The predicted octanol–water partition coefficient (Wildman–Crippen LogP) is 7.49. The van der Waals surface area contributed by atoms with Crippen molar-refractivity contribution < 1.29 is 28.4 Å². The SMILES string of the molecule is CC(C)n1cnc2cc(-c3ccc4c(c3)N(C3CC(N5CCCC(F)C5)C3)C(=O)C43CCN(C(=O)C4(C)CCN(C(=O)C5CCN(c6ccc(C7CCC(=O)NC7=O)cc6)CC5)CC4)CC3)nc(NC3CC3)c21. The van der Waals surface area contributed by atoms with Crippen molar-refractivity contribution in [1.82, 2.24) is 34.6 Å². The Kier molecular flexibility index (Phi) is 12.4. The lowest BCUT2D eigenvalue weighted by Gasteiger charge is -2.49. The number of likely N-dealkylation sites (tertiary alicyclic amines) is 3.